The van der Waals surface area contributed by atoms with Crippen LogP contribution in [0.5, 0.6) is 0 Å². The number of aromatic nitrogens is 1. The molecule has 1 heterocycles. The Morgan fingerprint density at radius 1 is 1.26 bits per heavy atom. The summed E-state index contributed by atoms with van der Waals surface area (Å²) in [6, 6.07) is 9.62. The zero-order valence-electron chi connectivity index (χ0n) is 10.9. The number of rotatable bonds is 3. The SMILES string of the molecule is Cc1ccc(Br)c(C(=O)NCc2ccc(C)nc2)c1. The molecule has 0 aliphatic carbocycles. The van der Waals surface area contributed by atoms with Crippen molar-refractivity contribution in [3.63, 3.8) is 0 Å². The van der Waals surface area contributed by atoms with Crippen molar-refractivity contribution in [3.8, 4) is 0 Å². The molecule has 1 aromatic carbocycles. The average molecular weight is 319 g/mol. The first-order valence-corrected chi connectivity index (χ1v) is 6.81. The average Bonchev–Trinajstić information content (AvgIpc) is 2.40. The zero-order valence-corrected chi connectivity index (χ0v) is 12.5. The Morgan fingerprint density at radius 3 is 2.74 bits per heavy atom. The van der Waals surface area contributed by atoms with Gasteiger partial charge in [-0.1, -0.05) is 17.7 Å². The number of carbonyl (C=O) groups excluding carboxylic acids is 1. The van der Waals surface area contributed by atoms with Crippen molar-refractivity contribution in [2.24, 2.45) is 0 Å². The van der Waals surface area contributed by atoms with Crippen LogP contribution in [-0.2, 0) is 6.54 Å². The Hall–Kier alpha value is -1.68. The van der Waals surface area contributed by atoms with Crippen LogP contribution in [0.1, 0.15) is 27.2 Å². The van der Waals surface area contributed by atoms with Gasteiger partial charge in [0, 0.05) is 22.9 Å². The number of nitrogens with one attached hydrogen (secondary N) is 1. The summed E-state index contributed by atoms with van der Waals surface area (Å²) in [7, 11) is 0. The van der Waals surface area contributed by atoms with Crippen LogP contribution in [0.2, 0.25) is 0 Å². The summed E-state index contributed by atoms with van der Waals surface area (Å²) < 4.78 is 0.803. The second-order valence-electron chi connectivity index (χ2n) is 4.47. The molecule has 0 spiro atoms. The lowest BCUT2D eigenvalue weighted by molar-refractivity contribution is 0.0950. The van der Waals surface area contributed by atoms with E-state index < -0.39 is 0 Å². The predicted octanol–water partition coefficient (Wildman–Crippen LogP) is 3.39. The minimum absolute atomic E-state index is 0.0869. The van der Waals surface area contributed by atoms with E-state index in [1.807, 2.05) is 44.2 Å². The third kappa shape index (κ3) is 3.64. The maximum atomic E-state index is 12.1. The second kappa shape index (κ2) is 5.97. The van der Waals surface area contributed by atoms with Gasteiger partial charge in [-0.25, -0.2) is 0 Å². The van der Waals surface area contributed by atoms with Crippen LogP contribution in [0, 0.1) is 13.8 Å². The first-order chi connectivity index (χ1) is 9.06. The molecule has 19 heavy (non-hydrogen) atoms. The highest BCUT2D eigenvalue weighted by Gasteiger charge is 2.09. The molecule has 3 nitrogen and oxygen atoms in total. The third-order valence-corrected chi connectivity index (χ3v) is 3.48. The van der Waals surface area contributed by atoms with E-state index in [1.165, 1.54) is 0 Å². The maximum absolute atomic E-state index is 12.1. The highest BCUT2D eigenvalue weighted by Crippen LogP contribution is 2.18. The monoisotopic (exact) mass is 318 g/mol. The molecular weight excluding hydrogens is 304 g/mol. The second-order valence-corrected chi connectivity index (χ2v) is 5.33. The van der Waals surface area contributed by atoms with E-state index in [-0.39, 0.29) is 5.91 Å². The molecule has 1 N–H and O–H groups in total. The molecule has 0 radical (unpaired) electrons. The molecule has 0 unspecified atom stereocenters. The van der Waals surface area contributed by atoms with Gasteiger partial charge in [-0.15, -0.1) is 0 Å². The van der Waals surface area contributed by atoms with Crippen molar-refractivity contribution >= 4 is 21.8 Å². The minimum atomic E-state index is -0.0869. The molecule has 0 aliphatic heterocycles. The Balaban J connectivity index is 2.05. The molecule has 1 aromatic heterocycles. The number of nitrogens with zero attached hydrogens (tertiary/aromatic N) is 1. The van der Waals surface area contributed by atoms with Crippen LogP contribution in [0.3, 0.4) is 0 Å². The molecule has 0 saturated heterocycles. The molecule has 2 aromatic rings. The van der Waals surface area contributed by atoms with Crippen molar-refractivity contribution in [3.05, 3.63) is 63.4 Å². The lowest BCUT2D eigenvalue weighted by atomic mass is 10.1. The normalized spacial score (nSPS) is 10.3. The molecular formula is C15H15BrN2O. The standard InChI is InChI=1S/C15H15BrN2O/c1-10-3-6-14(16)13(7-10)15(19)18-9-12-5-4-11(2)17-8-12/h3-8H,9H2,1-2H3,(H,18,19). The number of carbonyl (C=O) groups is 1. The van der Waals surface area contributed by atoms with Gasteiger partial charge in [-0.05, 0) is 53.5 Å². The third-order valence-electron chi connectivity index (χ3n) is 2.79. The highest BCUT2D eigenvalue weighted by molar-refractivity contribution is 9.10. The number of amides is 1. The van der Waals surface area contributed by atoms with Gasteiger partial charge >= 0.3 is 0 Å². The van der Waals surface area contributed by atoms with Gasteiger partial charge in [0.2, 0.25) is 0 Å². The van der Waals surface area contributed by atoms with Crippen LogP contribution < -0.4 is 5.32 Å². The van der Waals surface area contributed by atoms with E-state index in [9.17, 15) is 4.79 Å². The summed E-state index contributed by atoms with van der Waals surface area (Å²) in [6.45, 7) is 4.38. The fourth-order valence-electron chi connectivity index (χ4n) is 1.69. The van der Waals surface area contributed by atoms with Gasteiger partial charge in [-0.3, -0.25) is 9.78 Å². The molecule has 1 amide bonds. The largest absolute Gasteiger partial charge is 0.348 e. The summed E-state index contributed by atoms with van der Waals surface area (Å²) >= 11 is 3.39. The lowest BCUT2D eigenvalue weighted by Crippen LogP contribution is -2.23. The van der Waals surface area contributed by atoms with E-state index in [0.717, 1.165) is 21.3 Å². The topological polar surface area (TPSA) is 42.0 Å². The van der Waals surface area contributed by atoms with Crippen LogP contribution in [-0.4, -0.2) is 10.9 Å². The Bertz CT molecular complexity index is 594. The van der Waals surface area contributed by atoms with Crippen molar-refractivity contribution in [1.29, 1.82) is 0 Å². The van der Waals surface area contributed by atoms with E-state index in [2.05, 4.69) is 26.2 Å². The van der Waals surface area contributed by atoms with E-state index in [0.29, 0.717) is 12.1 Å². The summed E-state index contributed by atoms with van der Waals surface area (Å²) in [5.74, 6) is -0.0869. The van der Waals surface area contributed by atoms with Gasteiger partial charge in [0.05, 0.1) is 5.56 Å². The van der Waals surface area contributed by atoms with Crippen molar-refractivity contribution in [2.75, 3.05) is 0 Å². The van der Waals surface area contributed by atoms with Crippen molar-refractivity contribution in [1.82, 2.24) is 10.3 Å². The van der Waals surface area contributed by atoms with E-state index in [1.54, 1.807) is 6.20 Å². The summed E-state index contributed by atoms with van der Waals surface area (Å²) in [6.07, 6.45) is 1.78. The van der Waals surface area contributed by atoms with Crippen molar-refractivity contribution in [2.45, 2.75) is 20.4 Å². The van der Waals surface area contributed by atoms with Gasteiger partial charge in [0.1, 0.15) is 0 Å². The molecule has 0 aliphatic rings. The van der Waals surface area contributed by atoms with Crippen LogP contribution in [0.15, 0.2) is 41.0 Å². The maximum Gasteiger partial charge on any atom is 0.252 e. The minimum Gasteiger partial charge on any atom is -0.348 e. The number of hydrogen-bond acceptors (Lipinski definition) is 2. The lowest BCUT2D eigenvalue weighted by Gasteiger charge is -2.08. The van der Waals surface area contributed by atoms with Crippen LogP contribution >= 0.6 is 15.9 Å². The summed E-state index contributed by atoms with van der Waals surface area (Å²) in [5, 5.41) is 2.89. The number of hydrogen-bond donors (Lipinski definition) is 1. The quantitative estimate of drug-likeness (QED) is 0.942. The smallest absolute Gasteiger partial charge is 0.252 e. The molecule has 0 saturated carbocycles. The summed E-state index contributed by atoms with van der Waals surface area (Å²) in [4.78, 5) is 16.3. The molecule has 0 fully saturated rings. The highest BCUT2D eigenvalue weighted by atomic mass is 79.9. The fraction of sp³-hybridized carbons (Fsp3) is 0.200. The Labute approximate surface area is 121 Å². The number of aryl methyl sites for hydroxylation is 2. The Morgan fingerprint density at radius 2 is 2.05 bits per heavy atom. The van der Waals surface area contributed by atoms with Gasteiger partial charge in [-0.2, -0.15) is 0 Å². The molecule has 0 bridgehead atoms. The fourth-order valence-corrected chi connectivity index (χ4v) is 2.12. The Kier molecular flexibility index (Phi) is 4.32. The van der Waals surface area contributed by atoms with Crippen LogP contribution in [0.25, 0.3) is 0 Å². The van der Waals surface area contributed by atoms with Gasteiger partial charge in [0.15, 0.2) is 0 Å². The first kappa shape index (κ1) is 13.7. The van der Waals surface area contributed by atoms with Gasteiger partial charge in [0.25, 0.3) is 5.91 Å². The van der Waals surface area contributed by atoms with E-state index in [4.69, 9.17) is 0 Å². The molecule has 0 atom stereocenters. The van der Waals surface area contributed by atoms with E-state index >= 15 is 0 Å². The number of benzene rings is 1. The predicted molar refractivity (Wildman–Crippen MR) is 79.0 cm³/mol. The van der Waals surface area contributed by atoms with Crippen molar-refractivity contribution < 1.29 is 4.79 Å². The molecule has 4 heteroatoms. The van der Waals surface area contributed by atoms with Crippen LogP contribution in [0.4, 0.5) is 0 Å². The van der Waals surface area contributed by atoms with Gasteiger partial charge < -0.3 is 5.32 Å². The molecule has 2 rings (SSSR count). The molecule has 98 valence electrons. The number of halogens is 1. The summed E-state index contributed by atoms with van der Waals surface area (Å²) in [5.41, 5.74) is 3.67. The zero-order chi connectivity index (χ0) is 13.8. The first-order valence-electron chi connectivity index (χ1n) is 6.02. The number of pyridine rings is 1.